The number of hydrogen-bond donors (Lipinski definition) is 1. The molecule has 1 aromatic rings. The normalized spacial score (nSPS) is 16.8. The number of nitrogens with zero attached hydrogens (tertiary/aromatic N) is 3. The van der Waals surface area contributed by atoms with E-state index >= 15 is 0 Å². The molecule has 5 heteroatoms. The zero-order valence-corrected chi connectivity index (χ0v) is 11.7. The van der Waals surface area contributed by atoms with E-state index in [0.29, 0.717) is 13.1 Å². The van der Waals surface area contributed by atoms with Crippen molar-refractivity contribution in [3.05, 3.63) is 22.6 Å². The Hall–Kier alpha value is -1.36. The highest BCUT2D eigenvalue weighted by atomic mass is 16.1. The fourth-order valence-corrected chi connectivity index (χ4v) is 2.44. The first-order valence-corrected chi connectivity index (χ1v) is 7.23. The molecule has 0 spiro atoms. The molecule has 0 aromatic carbocycles. The van der Waals surface area contributed by atoms with Gasteiger partial charge in [0.15, 0.2) is 0 Å². The van der Waals surface area contributed by atoms with Crippen LogP contribution in [0.1, 0.15) is 32.6 Å². The van der Waals surface area contributed by atoms with E-state index in [1.807, 2.05) is 6.20 Å². The minimum Gasteiger partial charge on any atom is -0.370 e. The first-order chi connectivity index (χ1) is 9.20. The molecule has 19 heavy (non-hydrogen) atoms. The molecule has 0 bridgehead atoms. The highest BCUT2D eigenvalue weighted by Crippen LogP contribution is 2.20. The fourth-order valence-electron chi connectivity index (χ4n) is 2.44. The number of anilines is 1. The van der Waals surface area contributed by atoms with Gasteiger partial charge in [0.25, 0.3) is 5.56 Å². The van der Waals surface area contributed by atoms with Crippen molar-refractivity contribution in [1.82, 2.24) is 9.78 Å². The molecule has 0 aliphatic carbocycles. The Bertz CT molecular complexity index is 449. The van der Waals surface area contributed by atoms with Gasteiger partial charge >= 0.3 is 0 Å². The lowest BCUT2D eigenvalue weighted by Gasteiger charge is -2.31. The SMILES string of the molecule is CC1CCN(c2cnn(CCCCN)c(=O)c2)CC1. The lowest BCUT2D eigenvalue weighted by atomic mass is 9.99. The van der Waals surface area contributed by atoms with Gasteiger partial charge in [0, 0.05) is 25.7 Å². The van der Waals surface area contributed by atoms with Crippen LogP contribution >= 0.6 is 0 Å². The van der Waals surface area contributed by atoms with Crippen molar-refractivity contribution in [3.8, 4) is 0 Å². The van der Waals surface area contributed by atoms with E-state index in [1.165, 1.54) is 17.5 Å². The predicted octanol–water partition coefficient (Wildman–Crippen LogP) is 1.22. The molecule has 1 aromatic heterocycles. The van der Waals surface area contributed by atoms with Gasteiger partial charge in [0.2, 0.25) is 0 Å². The van der Waals surface area contributed by atoms with Gasteiger partial charge in [-0.25, -0.2) is 4.68 Å². The molecule has 0 radical (unpaired) electrons. The molecule has 0 unspecified atom stereocenters. The van der Waals surface area contributed by atoms with Gasteiger partial charge in [-0.3, -0.25) is 4.79 Å². The van der Waals surface area contributed by atoms with E-state index in [9.17, 15) is 4.79 Å². The Morgan fingerprint density at radius 3 is 2.74 bits per heavy atom. The van der Waals surface area contributed by atoms with E-state index in [-0.39, 0.29) is 5.56 Å². The van der Waals surface area contributed by atoms with Gasteiger partial charge in [-0.2, -0.15) is 5.10 Å². The molecule has 1 fully saturated rings. The summed E-state index contributed by atoms with van der Waals surface area (Å²) in [6.45, 7) is 5.66. The van der Waals surface area contributed by atoms with Gasteiger partial charge in [-0.15, -0.1) is 0 Å². The first-order valence-electron chi connectivity index (χ1n) is 7.23. The van der Waals surface area contributed by atoms with Crippen molar-refractivity contribution < 1.29 is 0 Å². The lowest BCUT2D eigenvalue weighted by molar-refractivity contribution is 0.437. The van der Waals surface area contributed by atoms with E-state index < -0.39 is 0 Å². The monoisotopic (exact) mass is 264 g/mol. The standard InChI is InChI=1S/C14H24N4O/c1-12-4-8-17(9-5-12)13-10-14(19)18(16-11-13)7-3-2-6-15/h10-12H,2-9,15H2,1H3. The minimum absolute atomic E-state index is 0.00635. The summed E-state index contributed by atoms with van der Waals surface area (Å²) < 4.78 is 1.53. The summed E-state index contributed by atoms with van der Waals surface area (Å²) in [5.74, 6) is 0.792. The van der Waals surface area contributed by atoms with E-state index in [0.717, 1.165) is 37.5 Å². The Morgan fingerprint density at radius 1 is 1.37 bits per heavy atom. The molecule has 0 saturated carbocycles. The van der Waals surface area contributed by atoms with Crippen molar-refractivity contribution in [1.29, 1.82) is 0 Å². The quantitative estimate of drug-likeness (QED) is 0.812. The molecule has 5 nitrogen and oxygen atoms in total. The van der Waals surface area contributed by atoms with Crippen LogP contribution in [0.3, 0.4) is 0 Å². The van der Waals surface area contributed by atoms with Crippen molar-refractivity contribution in [2.75, 3.05) is 24.5 Å². The van der Waals surface area contributed by atoms with Crippen LogP contribution in [0, 0.1) is 5.92 Å². The summed E-state index contributed by atoms with van der Waals surface area (Å²) in [6, 6.07) is 1.71. The zero-order valence-electron chi connectivity index (χ0n) is 11.7. The number of piperidine rings is 1. The van der Waals surface area contributed by atoms with Crippen LogP contribution < -0.4 is 16.2 Å². The second kappa shape index (κ2) is 6.70. The molecule has 0 atom stereocenters. The molecular formula is C14H24N4O. The molecule has 1 aliphatic heterocycles. The number of nitrogens with two attached hydrogens (primary N) is 1. The van der Waals surface area contributed by atoms with Gasteiger partial charge in [-0.1, -0.05) is 6.92 Å². The highest BCUT2D eigenvalue weighted by Gasteiger charge is 2.16. The number of unbranched alkanes of at least 4 members (excludes halogenated alkanes) is 1. The molecule has 1 aliphatic rings. The van der Waals surface area contributed by atoms with Crippen molar-refractivity contribution in [2.24, 2.45) is 11.7 Å². The van der Waals surface area contributed by atoms with Gasteiger partial charge in [0.05, 0.1) is 11.9 Å². The van der Waals surface area contributed by atoms with Gasteiger partial charge in [0.1, 0.15) is 0 Å². The maximum Gasteiger partial charge on any atom is 0.268 e. The first kappa shape index (κ1) is 14.1. The summed E-state index contributed by atoms with van der Waals surface area (Å²) in [4.78, 5) is 14.2. The third-order valence-electron chi connectivity index (χ3n) is 3.83. The predicted molar refractivity (Wildman–Crippen MR) is 77.4 cm³/mol. The topological polar surface area (TPSA) is 64.2 Å². The van der Waals surface area contributed by atoms with Crippen LogP contribution in [0.2, 0.25) is 0 Å². The average Bonchev–Trinajstić information content (AvgIpc) is 2.42. The summed E-state index contributed by atoms with van der Waals surface area (Å²) in [6.07, 6.45) is 6.04. The summed E-state index contributed by atoms with van der Waals surface area (Å²) in [5.41, 5.74) is 6.41. The molecular weight excluding hydrogens is 240 g/mol. The molecule has 2 rings (SSSR count). The van der Waals surface area contributed by atoms with Crippen LogP contribution in [0.15, 0.2) is 17.1 Å². The van der Waals surface area contributed by atoms with E-state index in [1.54, 1.807) is 6.07 Å². The average molecular weight is 264 g/mol. The van der Waals surface area contributed by atoms with Crippen molar-refractivity contribution in [3.63, 3.8) is 0 Å². The van der Waals surface area contributed by atoms with Crippen LogP contribution in [0.25, 0.3) is 0 Å². The number of rotatable bonds is 5. The Kier molecular flexibility index (Phi) is 4.96. The number of hydrogen-bond acceptors (Lipinski definition) is 4. The van der Waals surface area contributed by atoms with Crippen molar-refractivity contribution >= 4 is 5.69 Å². The second-order valence-corrected chi connectivity index (χ2v) is 5.44. The van der Waals surface area contributed by atoms with Crippen LogP contribution in [-0.4, -0.2) is 29.4 Å². The molecule has 2 heterocycles. The van der Waals surface area contributed by atoms with Crippen LogP contribution in [-0.2, 0) is 6.54 Å². The second-order valence-electron chi connectivity index (χ2n) is 5.44. The van der Waals surface area contributed by atoms with E-state index in [4.69, 9.17) is 5.73 Å². The number of aromatic nitrogens is 2. The Morgan fingerprint density at radius 2 is 2.11 bits per heavy atom. The summed E-state index contributed by atoms with van der Waals surface area (Å²) in [7, 11) is 0. The summed E-state index contributed by atoms with van der Waals surface area (Å²) >= 11 is 0. The van der Waals surface area contributed by atoms with Crippen LogP contribution in [0.5, 0.6) is 0 Å². The third-order valence-corrected chi connectivity index (χ3v) is 3.83. The molecule has 106 valence electrons. The summed E-state index contributed by atoms with van der Waals surface area (Å²) in [5, 5.41) is 4.27. The van der Waals surface area contributed by atoms with Gasteiger partial charge in [-0.05, 0) is 38.1 Å². The molecule has 1 saturated heterocycles. The van der Waals surface area contributed by atoms with Crippen LogP contribution in [0.4, 0.5) is 5.69 Å². The molecule has 2 N–H and O–H groups in total. The fraction of sp³-hybridized carbons (Fsp3) is 0.714. The maximum atomic E-state index is 12.0. The highest BCUT2D eigenvalue weighted by molar-refractivity contribution is 5.43. The third kappa shape index (κ3) is 3.80. The minimum atomic E-state index is -0.00635. The molecule has 0 amide bonds. The zero-order chi connectivity index (χ0) is 13.7. The maximum absolute atomic E-state index is 12.0. The number of aryl methyl sites for hydroxylation is 1. The Balaban J connectivity index is 2.00. The smallest absolute Gasteiger partial charge is 0.268 e. The van der Waals surface area contributed by atoms with Gasteiger partial charge < -0.3 is 10.6 Å². The lowest BCUT2D eigenvalue weighted by Crippen LogP contribution is -2.34. The van der Waals surface area contributed by atoms with Crippen molar-refractivity contribution in [2.45, 2.75) is 39.2 Å². The Labute approximate surface area is 114 Å². The largest absolute Gasteiger partial charge is 0.370 e. The van der Waals surface area contributed by atoms with E-state index in [2.05, 4.69) is 16.9 Å².